The van der Waals surface area contributed by atoms with Crippen LogP contribution < -0.4 is 11.1 Å². The molecule has 2 rings (SSSR count). The van der Waals surface area contributed by atoms with Gasteiger partial charge in [-0.05, 0) is 50.9 Å². The van der Waals surface area contributed by atoms with Crippen LogP contribution in [0, 0.1) is 5.92 Å². The maximum absolute atomic E-state index is 11.9. The zero-order chi connectivity index (χ0) is 15.1. The van der Waals surface area contributed by atoms with Gasteiger partial charge >= 0.3 is 0 Å². The number of nitrogens with one attached hydrogen (secondary N) is 1. The number of carbonyl (C=O) groups excluding carboxylic acids is 1. The first-order chi connectivity index (χ1) is 10.1. The monoisotopic (exact) mass is 289 g/mol. The second kappa shape index (κ2) is 8.03. The number of rotatable bonds is 7. The number of carbonyl (C=O) groups is 1. The number of hydrogen-bond acceptors (Lipinski definition) is 3. The highest BCUT2D eigenvalue weighted by Crippen LogP contribution is 2.25. The first-order valence-electron chi connectivity index (χ1n) is 7.98. The van der Waals surface area contributed by atoms with E-state index < -0.39 is 0 Å². The van der Waals surface area contributed by atoms with E-state index in [2.05, 4.69) is 17.3 Å². The normalized spacial score (nSPS) is 15.5. The molecule has 1 fully saturated rings. The molecule has 1 aliphatic carbocycles. The second-order valence-electron chi connectivity index (χ2n) is 6.15. The van der Waals surface area contributed by atoms with E-state index in [1.807, 2.05) is 18.2 Å². The van der Waals surface area contributed by atoms with Gasteiger partial charge in [-0.1, -0.05) is 25.0 Å². The summed E-state index contributed by atoms with van der Waals surface area (Å²) in [5, 5.41) is 2.87. The Kier molecular flexibility index (Phi) is 6.05. The summed E-state index contributed by atoms with van der Waals surface area (Å²) in [4.78, 5) is 14.3. The Balaban J connectivity index is 1.63. The van der Waals surface area contributed by atoms with Crippen molar-refractivity contribution < 1.29 is 4.79 Å². The maximum atomic E-state index is 11.9. The summed E-state index contributed by atoms with van der Waals surface area (Å²) in [6.07, 6.45) is 6.96. The molecule has 1 amide bonds. The molecule has 4 nitrogen and oxygen atoms in total. The van der Waals surface area contributed by atoms with Gasteiger partial charge in [0.15, 0.2) is 0 Å². The van der Waals surface area contributed by atoms with Crippen molar-refractivity contribution in [2.75, 3.05) is 31.2 Å². The van der Waals surface area contributed by atoms with Gasteiger partial charge in [-0.2, -0.15) is 0 Å². The molecule has 21 heavy (non-hydrogen) atoms. The van der Waals surface area contributed by atoms with Crippen molar-refractivity contribution in [2.45, 2.75) is 38.5 Å². The van der Waals surface area contributed by atoms with Crippen LogP contribution >= 0.6 is 0 Å². The molecule has 0 saturated heterocycles. The van der Waals surface area contributed by atoms with Crippen LogP contribution in [-0.2, 0) is 4.79 Å². The van der Waals surface area contributed by atoms with Gasteiger partial charge in [-0.3, -0.25) is 4.79 Å². The minimum absolute atomic E-state index is 0.0437. The highest BCUT2D eigenvalue weighted by Gasteiger charge is 2.16. The van der Waals surface area contributed by atoms with Crippen molar-refractivity contribution in [1.82, 2.24) is 4.90 Å². The molecule has 0 spiro atoms. The number of benzene rings is 1. The molecule has 4 heteroatoms. The zero-order valence-electron chi connectivity index (χ0n) is 13.0. The van der Waals surface area contributed by atoms with E-state index in [1.165, 1.54) is 32.2 Å². The Morgan fingerprint density at radius 1 is 1.33 bits per heavy atom. The number of para-hydroxylation sites is 2. The predicted octanol–water partition coefficient (Wildman–Crippen LogP) is 3.11. The maximum Gasteiger partial charge on any atom is 0.224 e. The molecular formula is C17H27N3O. The average Bonchev–Trinajstić information content (AvgIpc) is 2.94. The predicted molar refractivity (Wildman–Crippen MR) is 88.2 cm³/mol. The highest BCUT2D eigenvalue weighted by atomic mass is 16.1. The smallest absolute Gasteiger partial charge is 0.224 e. The molecule has 0 aliphatic heterocycles. The van der Waals surface area contributed by atoms with Crippen molar-refractivity contribution in [2.24, 2.45) is 5.92 Å². The third-order valence-corrected chi connectivity index (χ3v) is 4.22. The summed E-state index contributed by atoms with van der Waals surface area (Å²) in [6.45, 7) is 2.15. The minimum Gasteiger partial charge on any atom is -0.397 e. The molecule has 0 bridgehead atoms. The van der Waals surface area contributed by atoms with Gasteiger partial charge in [0.2, 0.25) is 5.91 Å². The van der Waals surface area contributed by atoms with Gasteiger partial charge in [0.05, 0.1) is 11.4 Å². The van der Waals surface area contributed by atoms with E-state index in [1.54, 1.807) is 6.07 Å². The fraction of sp³-hybridized carbons (Fsp3) is 0.588. The summed E-state index contributed by atoms with van der Waals surface area (Å²) in [5.41, 5.74) is 7.14. The summed E-state index contributed by atoms with van der Waals surface area (Å²) < 4.78 is 0. The van der Waals surface area contributed by atoms with Gasteiger partial charge in [-0.25, -0.2) is 0 Å². The number of hydrogen-bond donors (Lipinski definition) is 2. The van der Waals surface area contributed by atoms with Crippen LogP contribution in [0.15, 0.2) is 24.3 Å². The van der Waals surface area contributed by atoms with Gasteiger partial charge in [0.1, 0.15) is 0 Å². The van der Waals surface area contributed by atoms with Crippen LogP contribution in [0.5, 0.6) is 0 Å². The van der Waals surface area contributed by atoms with Gasteiger partial charge in [0.25, 0.3) is 0 Å². The van der Waals surface area contributed by atoms with Crippen molar-refractivity contribution in [3.05, 3.63) is 24.3 Å². The van der Waals surface area contributed by atoms with Crippen molar-refractivity contribution >= 4 is 17.3 Å². The van der Waals surface area contributed by atoms with E-state index in [4.69, 9.17) is 5.73 Å². The standard InChI is InChI=1S/C17H27N3O/c1-20(13-14-7-2-3-8-14)12-6-11-17(21)19-16-10-5-4-9-15(16)18/h4-5,9-10,14H,2-3,6-8,11-13,18H2,1H3,(H,19,21). The van der Waals surface area contributed by atoms with Gasteiger partial charge in [0, 0.05) is 13.0 Å². The van der Waals surface area contributed by atoms with Crippen LogP contribution in [0.4, 0.5) is 11.4 Å². The molecule has 1 aromatic carbocycles. The van der Waals surface area contributed by atoms with E-state index >= 15 is 0 Å². The minimum atomic E-state index is 0.0437. The summed E-state index contributed by atoms with van der Waals surface area (Å²) in [5.74, 6) is 0.912. The van der Waals surface area contributed by atoms with E-state index in [0.717, 1.165) is 18.9 Å². The largest absolute Gasteiger partial charge is 0.397 e. The van der Waals surface area contributed by atoms with E-state index in [9.17, 15) is 4.79 Å². The van der Waals surface area contributed by atoms with Crippen LogP contribution in [0.25, 0.3) is 0 Å². The lowest BCUT2D eigenvalue weighted by atomic mass is 10.1. The number of nitrogens with zero attached hydrogens (tertiary/aromatic N) is 1. The molecule has 3 N–H and O–H groups in total. The van der Waals surface area contributed by atoms with Crippen LogP contribution in [0.2, 0.25) is 0 Å². The number of anilines is 2. The Bertz CT molecular complexity index is 455. The molecule has 1 aromatic rings. The van der Waals surface area contributed by atoms with Crippen LogP contribution in [0.1, 0.15) is 38.5 Å². The van der Waals surface area contributed by atoms with Crippen molar-refractivity contribution in [3.63, 3.8) is 0 Å². The number of amides is 1. The fourth-order valence-electron chi connectivity index (χ4n) is 3.06. The molecule has 0 heterocycles. The molecule has 0 atom stereocenters. The lowest BCUT2D eigenvalue weighted by molar-refractivity contribution is -0.116. The molecular weight excluding hydrogens is 262 g/mol. The fourth-order valence-corrected chi connectivity index (χ4v) is 3.06. The third kappa shape index (κ3) is 5.38. The molecule has 0 unspecified atom stereocenters. The molecule has 0 aromatic heterocycles. The van der Waals surface area contributed by atoms with Crippen molar-refractivity contribution in [1.29, 1.82) is 0 Å². The molecule has 1 saturated carbocycles. The first kappa shape index (κ1) is 15.8. The van der Waals surface area contributed by atoms with Gasteiger partial charge < -0.3 is 16.0 Å². The quantitative estimate of drug-likeness (QED) is 0.758. The Morgan fingerprint density at radius 3 is 2.76 bits per heavy atom. The summed E-state index contributed by atoms with van der Waals surface area (Å²) >= 11 is 0. The second-order valence-corrected chi connectivity index (χ2v) is 6.15. The lowest BCUT2D eigenvalue weighted by Gasteiger charge is -2.20. The Morgan fingerprint density at radius 2 is 2.05 bits per heavy atom. The molecule has 116 valence electrons. The SMILES string of the molecule is CN(CCCC(=O)Nc1ccccc1N)CC1CCCC1. The van der Waals surface area contributed by atoms with Crippen LogP contribution in [0.3, 0.4) is 0 Å². The molecule has 1 aliphatic rings. The highest BCUT2D eigenvalue weighted by molar-refractivity contribution is 5.93. The average molecular weight is 289 g/mol. The lowest BCUT2D eigenvalue weighted by Crippen LogP contribution is -2.26. The Hall–Kier alpha value is -1.55. The van der Waals surface area contributed by atoms with E-state index in [-0.39, 0.29) is 5.91 Å². The van der Waals surface area contributed by atoms with E-state index in [0.29, 0.717) is 17.8 Å². The number of nitrogen functional groups attached to an aromatic ring is 1. The zero-order valence-corrected chi connectivity index (χ0v) is 13.0. The van der Waals surface area contributed by atoms with Crippen molar-refractivity contribution in [3.8, 4) is 0 Å². The third-order valence-electron chi connectivity index (χ3n) is 4.22. The summed E-state index contributed by atoms with van der Waals surface area (Å²) in [6, 6.07) is 7.37. The van der Waals surface area contributed by atoms with Gasteiger partial charge in [-0.15, -0.1) is 0 Å². The first-order valence-corrected chi connectivity index (χ1v) is 7.98. The number of nitrogens with two attached hydrogens (primary N) is 1. The Labute approximate surface area is 127 Å². The summed E-state index contributed by atoms with van der Waals surface area (Å²) in [7, 11) is 2.16. The molecule has 0 radical (unpaired) electrons. The van der Waals surface area contributed by atoms with Crippen LogP contribution in [-0.4, -0.2) is 30.9 Å². The topological polar surface area (TPSA) is 58.4 Å².